The van der Waals surface area contributed by atoms with Crippen LogP contribution >= 0.6 is 0 Å². The molecule has 2 atom stereocenters. The molecular formula is C23H28F3N5O2. The molecule has 2 aliphatic carbocycles. The van der Waals surface area contributed by atoms with Gasteiger partial charge < -0.3 is 21.0 Å². The second kappa shape index (κ2) is 9.17. The van der Waals surface area contributed by atoms with E-state index in [-0.39, 0.29) is 23.7 Å². The molecule has 4 rings (SSSR count). The Balaban J connectivity index is 1.76. The smallest absolute Gasteiger partial charge is 0.297 e. The summed E-state index contributed by atoms with van der Waals surface area (Å²) in [7, 11) is 0. The van der Waals surface area contributed by atoms with E-state index in [1.54, 1.807) is 6.07 Å². The summed E-state index contributed by atoms with van der Waals surface area (Å²) >= 11 is 0. The predicted molar refractivity (Wildman–Crippen MR) is 119 cm³/mol. The molecule has 1 heterocycles. The van der Waals surface area contributed by atoms with Gasteiger partial charge in [-0.2, -0.15) is 4.39 Å². The molecule has 1 fully saturated rings. The maximum Gasteiger partial charge on any atom is 0.297 e. The topological polar surface area (TPSA) is 109 Å². The molecule has 2 aliphatic rings. The largest absolute Gasteiger partial charge is 0.490 e. The molecule has 178 valence electrons. The number of anilines is 1. The number of hydrogen-bond donors (Lipinski definition) is 2. The zero-order valence-corrected chi connectivity index (χ0v) is 18.6. The van der Waals surface area contributed by atoms with Gasteiger partial charge in [-0.15, -0.1) is 0 Å². The first-order valence-corrected chi connectivity index (χ1v) is 11.0. The number of alkyl halides is 3. The van der Waals surface area contributed by atoms with E-state index >= 15 is 0 Å². The molecule has 1 aromatic heterocycles. The van der Waals surface area contributed by atoms with E-state index in [0.29, 0.717) is 28.1 Å². The minimum atomic E-state index is -2.54. The van der Waals surface area contributed by atoms with Crippen molar-refractivity contribution in [1.29, 1.82) is 0 Å². The van der Waals surface area contributed by atoms with Gasteiger partial charge in [0.15, 0.2) is 6.17 Å². The Morgan fingerprint density at radius 2 is 1.88 bits per heavy atom. The molecule has 0 radical (unpaired) electrons. The Morgan fingerprint density at radius 1 is 1.15 bits per heavy atom. The second-order valence-electron chi connectivity index (χ2n) is 9.04. The van der Waals surface area contributed by atoms with E-state index in [1.807, 2.05) is 26.0 Å². The number of fused-ring (bicyclic) bond motifs is 3. The second-order valence-corrected chi connectivity index (χ2v) is 9.04. The SMILES string of the molecule is CC1(C)/C(=N/OC(F)C(F)CF)c2cc(OC3CCC(N)CC3)ccc2-c2ncnc(N)c21. The summed E-state index contributed by atoms with van der Waals surface area (Å²) in [5.41, 5.74) is 14.0. The Morgan fingerprint density at radius 3 is 2.58 bits per heavy atom. The fraction of sp³-hybridized carbons (Fsp3) is 0.522. The number of nitrogens with two attached hydrogens (primary N) is 2. The van der Waals surface area contributed by atoms with Gasteiger partial charge in [-0.3, -0.25) is 0 Å². The molecule has 0 aliphatic heterocycles. The molecule has 0 saturated heterocycles. The van der Waals surface area contributed by atoms with Gasteiger partial charge >= 0.3 is 0 Å². The molecular weight excluding hydrogens is 435 g/mol. The fourth-order valence-corrected chi connectivity index (χ4v) is 4.48. The van der Waals surface area contributed by atoms with E-state index < -0.39 is 24.6 Å². The molecule has 0 spiro atoms. The van der Waals surface area contributed by atoms with Crippen molar-refractivity contribution in [1.82, 2.24) is 9.97 Å². The lowest BCUT2D eigenvalue weighted by molar-refractivity contribution is -0.0901. The van der Waals surface area contributed by atoms with Gasteiger partial charge in [-0.05, 0) is 57.7 Å². The number of nitrogen functional groups attached to an aromatic ring is 1. The van der Waals surface area contributed by atoms with Gasteiger partial charge in [0.2, 0.25) is 0 Å². The maximum absolute atomic E-state index is 13.9. The fourth-order valence-electron chi connectivity index (χ4n) is 4.48. The van der Waals surface area contributed by atoms with E-state index in [9.17, 15) is 13.2 Å². The van der Waals surface area contributed by atoms with Gasteiger partial charge in [-0.1, -0.05) is 5.16 Å². The van der Waals surface area contributed by atoms with Crippen LogP contribution in [0.25, 0.3) is 11.3 Å². The average Bonchev–Trinajstić information content (AvgIpc) is 2.79. The molecule has 0 bridgehead atoms. The van der Waals surface area contributed by atoms with Crippen LogP contribution in [0.5, 0.6) is 5.75 Å². The van der Waals surface area contributed by atoms with E-state index in [1.165, 1.54) is 6.33 Å². The summed E-state index contributed by atoms with van der Waals surface area (Å²) in [6.45, 7) is 2.10. The third-order valence-electron chi connectivity index (χ3n) is 6.29. The molecule has 7 nitrogen and oxygen atoms in total. The third-order valence-corrected chi connectivity index (χ3v) is 6.29. The minimum Gasteiger partial charge on any atom is -0.490 e. The minimum absolute atomic E-state index is 0.0356. The van der Waals surface area contributed by atoms with E-state index in [2.05, 4.69) is 15.1 Å². The summed E-state index contributed by atoms with van der Waals surface area (Å²) in [4.78, 5) is 13.3. The highest BCUT2D eigenvalue weighted by atomic mass is 19.2. The standard InChI is InChI=1S/C23H28F3N5O2/c1-23(2)18-19(29-11-30-22(18)28)15-8-7-14(32-13-5-3-12(27)4-6-13)9-16(15)20(23)31-33-21(26)17(25)10-24/h7-9,11-13,17,21H,3-6,10,27H2,1-2H3,(H2,28,29,30)/b31-20+. The van der Waals surface area contributed by atoms with Crippen molar-refractivity contribution in [3.05, 3.63) is 35.7 Å². The van der Waals surface area contributed by atoms with Crippen molar-refractivity contribution < 1.29 is 22.7 Å². The van der Waals surface area contributed by atoms with Crippen molar-refractivity contribution in [2.24, 2.45) is 10.9 Å². The Labute approximate surface area is 190 Å². The van der Waals surface area contributed by atoms with Crippen molar-refractivity contribution in [2.45, 2.75) is 69.6 Å². The van der Waals surface area contributed by atoms with Crippen molar-refractivity contribution in [3.8, 4) is 17.0 Å². The summed E-state index contributed by atoms with van der Waals surface area (Å²) < 4.78 is 46.1. The van der Waals surface area contributed by atoms with Crippen LogP contribution < -0.4 is 16.2 Å². The number of halogens is 3. The number of rotatable bonds is 6. The van der Waals surface area contributed by atoms with Crippen LogP contribution in [0.15, 0.2) is 29.7 Å². The predicted octanol–water partition coefficient (Wildman–Crippen LogP) is 3.99. The Hall–Kier alpha value is -2.88. The van der Waals surface area contributed by atoms with Gasteiger partial charge in [0.25, 0.3) is 6.36 Å². The van der Waals surface area contributed by atoms with Crippen LogP contribution in [0.1, 0.15) is 50.7 Å². The van der Waals surface area contributed by atoms with Crippen LogP contribution in [0.3, 0.4) is 0 Å². The quantitative estimate of drug-likeness (QED) is 0.627. The van der Waals surface area contributed by atoms with Crippen molar-refractivity contribution in [2.75, 3.05) is 12.4 Å². The highest BCUT2D eigenvalue weighted by Crippen LogP contribution is 2.45. The monoisotopic (exact) mass is 463 g/mol. The first-order valence-electron chi connectivity index (χ1n) is 11.0. The zero-order valence-electron chi connectivity index (χ0n) is 18.6. The molecule has 2 unspecified atom stereocenters. The summed E-state index contributed by atoms with van der Waals surface area (Å²) in [5, 5.41) is 3.94. The molecule has 33 heavy (non-hydrogen) atoms. The van der Waals surface area contributed by atoms with Gasteiger partial charge in [0.1, 0.15) is 24.6 Å². The normalized spacial score (nSPS) is 24.5. The van der Waals surface area contributed by atoms with E-state index in [4.69, 9.17) is 21.0 Å². The summed E-state index contributed by atoms with van der Waals surface area (Å²) in [5.74, 6) is 0.846. The molecule has 2 aromatic rings. The first-order chi connectivity index (χ1) is 15.7. The summed E-state index contributed by atoms with van der Waals surface area (Å²) in [6, 6.07) is 5.63. The van der Waals surface area contributed by atoms with Gasteiger partial charge in [0.05, 0.1) is 17.5 Å². The highest BCUT2D eigenvalue weighted by molar-refractivity contribution is 6.15. The van der Waals surface area contributed by atoms with E-state index in [0.717, 1.165) is 25.7 Å². The Kier molecular flexibility index (Phi) is 6.47. The average molecular weight is 464 g/mol. The number of oxime groups is 1. The third kappa shape index (κ3) is 4.48. The van der Waals surface area contributed by atoms with Crippen LogP contribution in [0.2, 0.25) is 0 Å². The Bertz CT molecular complexity index is 1040. The molecule has 10 heteroatoms. The number of nitrogens with zero attached hydrogens (tertiary/aromatic N) is 3. The van der Waals surface area contributed by atoms with Crippen LogP contribution in [0.4, 0.5) is 19.0 Å². The van der Waals surface area contributed by atoms with Crippen molar-refractivity contribution in [3.63, 3.8) is 0 Å². The summed E-state index contributed by atoms with van der Waals surface area (Å²) in [6.07, 6.45) is -0.0848. The van der Waals surface area contributed by atoms with Crippen LogP contribution in [-0.2, 0) is 10.3 Å². The molecule has 1 aromatic carbocycles. The molecule has 0 amide bonds. The molecule has 4 N–H and O–H groups in total. The number of benzene rings is 1. The molecule has 1 saturated carbocycles. The number of ether oxygens (including phenoxy) is 1. The number of hydrogen-bond acceptors (Lipinski definition) is 7. The first kappa shape index (κ1) is 23.3. The highest BCUT2D eigenvalue weighted by Gasteiger charge is 2.41. The van der Waals surface area contributed by atoms with Gasteiger partial charge in [0, 0.05) is 28.1 Å². The van der Waals surface area contributed by atoms with Crippen molar-refractivity contribution >= 4 is 11.5 Å². The number of aromatic nitrogens is 2. The van der Waals surface area contributed by atoms with Crippen LogP contribution in [0, 0.1) is 0 Å². The van der Waals surface area contributed by atoms with Gasteiger partial charge in [-0.25, -0.2) is 18.7 Å². The lowest BCUT2D eigenvalue weighted by Gasteiger charge is -2.35. The maximum atomic E-state index is 13.9. The zero-order chi connectivity index (χ0) is 23.8. The van der Waals surface area contributed by atoms with Crippen LogP contribution in [-0.4, -0.2) is 47.0 Å². The lowest BCUT2D eigenvalue weighted by atomic mass is 9.70. The lowest BCUT2D eigenvalue weighted by Crippen LogP contribution is -2.37.